The van der Waals surface area contributed by atoms with E-state index in [0.717, 1.165) is 60.1 Å². The molecule has 1 aromatic heterocycles. The van der Waals surface area contributed by atoms with Gasteiger partial charge in [0, 0.05) is 34.3 Å². The Balaban J connectivity index is 1.42. The first-order valence-corrected chi connectivity index (χ1v) is 10.1. The average molecular weight is 395 g/mol. The third-order valence-electron chi connectivity index (χ3n) is 5.81. The van der Waals surface area contributed by atoms with E-state index in [0.29, 0.717) is 12.2 Å². The average Bonchev–Trinajstić information content (AvgIpc) is 3.12. The van der Waals surface area contributed by atoms with Crippen molar-refractivity contribution >= 4 is 16.8 Å². The molecule has 29 heavy (non-hydrogen) atoms. The van der Waals surface area contributed by atoms with Gasteiger partial charge >= 0.3 is 0 Å². The van der Waals surface area contributed by atoms with Gasteiger partial charge in [-0.3, -0.25) is 9.69 Å². The molecule has 0 bridgehead atoms. The number of likely N-dealkylation sites (N-methyl/N-ethyl adjacent to an activating group) is 1. The number of benzene rings is 2. The summed E-state index contributed by atoms with van der Waals surface area (Å²) in [7, 11) is 0. The van der Waals surface area contributed by atoms with Crippen molar-refractivity contribution in [3.8, 4) is 5.75 Å². The number of carbonyl (C=O) groups excluding carboxylic acids is 1. The molecule has 0 spiro atoms. The largest absolute Gasteiger partial charge is 0.492 e. The van der Waals surface area contributed by atoms with Gasteiger partial charge < -0.3 is 15.5 Å². The SMILES string of the molecule is CCN(CCCc1c[nH]c2ccc(F)cc12)C1COc2cccc(C(N)=O)c2C1. The van der Waals surface area contributed by atoms with Crippen molar-refractivity contribution in [1.29, 1.82) is 0 Å². The summed E-state index contributed by atoms with van der Waals surface area (Å²) in [6.45, 7) is 4.53. The molecule has 152 valence electrons. The first kappa shape index (κ1) is 19.5. The van der Waals surface area contributed by atoms with Crippen LogP contribution in [0, 0.1) is 5.82 Å². The Bertz CT molecular complexity index is 1030. The Morgan fingerprint density at radius 1 is 1.34 bits per heavy atom. The fourth-order valence-corrected chi connectivity index (χ4v) is 4.29. The van der Waals surface area contributed by atoms with E-state index >= 15 is 0 Å². The van der Waals surface area contributed by atoms with Gasteiger partial charge in [0.1, 0.15) is 18.2 Å². The van der Waals surface area contributed by atoms with Crippen LogP contribution < -0.4 is 10.5 Å². The van der Waals surface area contributed by atoms with Crippen LogP contribution in [0.15, 0.2) is 42.6 Å². The van der Waals surface area contributed by atoms with E-state index in [1.807, 2.05) is 12.3 Å². The van der Waals surface area contributed by atoms with Crippen LogP contribution in [0.3, 0.4) is 0 Å². The number of nitrogens with two attached hydrogens (primary N) is 1. The van der Waals surface area contributed by atoms with Crippen LogP contribution in [0.5, 0.6) is 5.75 Å². The number of nitrogens with zero attached hydrogens (tertiary/aromatic N) is 1. The highest BCUT2D eigenvalue weighted by molar-refractivity contribution is 5.95. The number of nitrogens with one attached hydrogen (secondary N) is 1. The van der Waals surface area contributed by atoms with Gasteiger partial charge in [0.15, 0.2) is 0 Å². The summed E-state index contributed by atoms with van der Waals surface area (Å²) in [6.07, 6.45) is 4.55. The third-order valence-corrected chi connectivity index (χ3v) is 5.81. The highest BCUT2D eigenvalue weighted by Gasteiger charge is 2.27. The van der Waals surface area contributed by atoms with Gasteiger partial charge in [-0.15, -0.1) is 0 Å². The molecule has 1 atom stereocenters. The van der Waals surface area contributed by atoms with Gasteiger partial charge in [-0.1, -0.05) is 13.0 Å². The van der Waals surface area contributed by atoms with E-state index in [2.05, 4.69) is 16.8 Å². The number of hydrogen-bond donors (Lipinski definition) is 2. The number of halogens is 1. The number of aryl methyl sites for hydroxylation is 1. The van der Waals surface area contributed by atoms with Crippen LogP contribution in [0.2, 0.25) is 0 Å². The summed E-state index contributed by atoms with van der Waals surface area (Å²) >= 11 is 0. The number of aromatic nitrogens is 1. The minimum atomic E-state index is -0.416. The molecule has 5 nitrogen and oxygen atoms in total. The van der Waals surface area contributed by atoms with Crippen molar-refractivity contribution in [3.05, 3.63) is 65.1 Å². The van der Waals surface area contributed by atoms with Crippen LogP contribution >= 0.6 is 0 Å². The summed E-state index contributed by atoms with van der Waals surface area (Å²) in [6, 6.07) is 10.5. The van der Waals surface area contributed by atoms with Crippen molar-refractivity contribution in [3.63, 3.8) is 0 Å². The lowest BCUT2D eigenvalue weighted by molar-refractivity contribution is 0.0990. The number of rotatable bonds is 7. The molecule has 2 heterocycles. The van der Waals surface area contributed by atoms with Gasteiger partial charge in [0.25, 0.3) is 0 Å². The lowest BCUT2D eigenvalue weighted by atomic mass is 9.95. The fourth-order valence-electron chi connectivity index (χ4n) is 4.29. The van der Waals surface area contributed by atoms with Gasteiger partial charge in [-0.2, -0.15) is 0 Å². The Labute approximate surface area is 169 Å². The Morgan fingerprint density at radius 2 is 2.21 bits per heavy atom. The highest BCUT2D eigenvalue weighted by atomic mass is 19.1. The Morgan fingerprint density at radius 3 is 3.00 bits per heavy atom. The second kappa shape index (κ2) is 8.25. The predicted molar refractivity (Wildman–Crippen MR) is 112 cm³/mol. The van der Waals surface area contributed by atoms with E-state index in [4.69, 9.17) is 10.5 Å². The first-order chi connectivity index (χ1) is 14.1. The number of amides is 1. The molecule has 1 amide bonds. The molecule has 6 heteroatoms. The number of carbonyl (C=O) groups is 1. The summed E-state index contributed by atoms with van der Waals surface area (Å²) in [5.41, 5.74) is 9.09. The monoisotopic (exact) mass is 395 g/mol. The van der Waals surface area contributed by atoms with Crippen molar-refractivity contribution in [1.82, 2.24) is 9.88 Å². The van der Waals surface area contributed by atoms with Crippen LogP contribution in [0.4, 0.5) is 4.39 Å². The lowest BCUT2D eigenvalue weighted by Gasteiger charge is -2.35. The zero-order valence-electron chi connectivity index (χ0n) is 16.6. The molecule has 1 aliphatic heterocycles. The van der Waals surface area contributed by atoms with Crippen molar-refractivity contribution in [2.45, 2.75) is 32.2 Å². The summed E-state index contributed by atoms with van der Waals surface area (Å²) < 4.78 is 19.5. The fraction of sp³-hybridized carbons (Fsp3) is 0.348. The van der Waals surface area contributed by atoms with E-state index in [9.17, 15) is 9.18 Å². The van der Waals surface area contributed by atoms with Crippen LogP contribution in [0.1, 0.15) is 34.8 Å². The maximum atomic E-state index is 13.6. The maximum absolute atomic E-state index is 13.6. The van der Waals surface area contributed by atoms with Crippen LogP contribution in [-0.2, 0) is 12.8 Å². The summed E-state index contributed by atoms with van der Waals surface area (Å²) in [5.74, 6) is 0.131. The minimum Gasteiger partial charge on any atom is -0.492 e. The number of aromatic amines is 1. The molecule has 1 aliphatic rings. The Hall–Kier alpha value is -2.86. The van der Waals surface area contributed by atoms with Gasteiger partial charge in [-0.05, 0) is 68.2 Å². The molecular formula is C23H26FN3O2. The Kier molecular flexibility index (Phi) is 5.53. The first-order valence-electron chi connectivity index (χ1n) is 10.1. The van der Waals surface area contributed by atoms with Gasteiger partial charge in [-0.25, -0.2) is 4.39 Å². The van der Waals surface area contributed by atoms with Gasteiger partial charge in [0.2, 0.25) is 5.91 Å². The normalized spacial score (nSPS) is 16.0. The molecule has 1 unspecified atom stereocenters. The zero-order valence-corrected chi connectivity index (χ0v) is 16.6. The number of hydrogen-bond acceptors (Lipinski definition) is 3. The van der Waals surface area contributed by atoms with E-state index in [1.54, 1.807) is 24.3 Å². The van der Waals surface area contributed by atoms with E-state index in [-0.39, 0.29) is 11.9 Å². The molecule has 3 N–H and O–H groups in total. The molecular weight excluding hydrogens is 369 g/mol. The number of H-pyrrole nitrogens is 1. The molecule has 0 aliphatic carbocycles. The molecule has 3 aromatic rings. The maximum Gasteiger partial charge on any atom is 0.249 e. The molecule has 0 radical (unpaired) electrons. The van der Waals surface area contributed by atoms with Crippen molar-refractivity contribution in [2.24, 2.45) is 5.73 Å². The molecule has 4 rings (SSSR count). The molecule has 0 fully saturated rings. The second-order valence-electron chi connectivity index (χ2n) is 7.55. The standard InChI is InChI=1S/C23H26FN3O2/c1-2-27(10-4-5-15-13-26-21-9-8-16(24)11-19(15)21)17-12-20-18(23(25)28)6-3-7-22(20)29-14-17/h3,6-9,11,13,17,26H,2,4-5,10,12,14H2,1H3,(H2,25,28). The van der Waals surface area contributed by atoms with Crippen LogP contribution in [-0.4, -0.2) is 41.5 Å². The topological polar surface area (TPSA) is 71.3 Å². The van der Waals surface area contributed by atoms with Crippen LogP contribution in [0.25, 0.3) is 10.9 Å². The summed E-state index contributed by atoms with van der Waals surface area (Å²) in [4.78, 5) is 17.4. The van der Waals surface area contributed by atoms with E-state index < -0.39 is 5.91 Å². The lowest BCUT2D eigenvalue weighted by Crippen LogP contribution is -2.44. The summed E-state index contributed by atoms with van der Waals surface area (Å²) in [5, 5.41) is 0.953. The smallest absolute Gasteiger partial charge is 0.249 e. The van der Waals surface area contributed by atoms with Crippen molar-refractivity contribution in [2.75, 3.05) is 19.7 Å². The predicted octanol–water partition coefficient (Wildman–Crippen LogP) is 3.66. The molecule has 2 aromatic carbocycles. The second-order valence-corrected chi connectivity index (χ2v) is 7.55. The van der Waals surface area contributed by atoms with Crippen molar-refractivity contribution < 1.29 is 13.9 Å². The molecule has 0 saturated heterocycles. The van der Waals surface area contributed by atoms with Gasteiger partial charge in [0.05, 0.1) is 0 Å². The number of ether oxygens (including phenoxy) is 1. The number of primary amides is 1. The van der Waals surface area contributed by atoms with E-state index in [1.165, 1.54) is 6.07 Å². The molecule has 0 saturated carbocycles. The number of fused-ring (bicyclic) bond motifs is 2. The third kappa shape index (κ3) is 3.98. The quantitative estimate of drug-likeness (QED) is 0.641. The zero-order chi connectivity index (χ0) is 20.4. The highest BCUT2D eigenvalue weighted by Crippen LogP contribution is 2.29. The minimum absolute atomic E-state index is 0.202.